The molecule has 1 aromatic rings. The summed E-state index contributed by atoms with van der Waals surface area (Å²) in [6, 6.07) is 0. The minimum Gasteiger partial charge on any atom is -0.290 e. The molecule has 0 saturated heterocycles. The molecule has 0 atom stereocenters. The maximum Gasteiger partial charge on any atom is 0.327 e. The normalized spacial score (nSPS) is 17.4. The van der Waals surface area contributed by atoms with E-state index >= 15 is 0 Å². The van der Waals surface area contributed by atoms with Gasteiger partial charge >= 0.3 is 5.69 Å². The number of nitrogens with two attached hydrogens (primary N) is 2. The summed E-state index contributed by atoms with van der Waals surface area (Å²) in [7, 11) is 0. The first kappa shape index (κ1) is 7.83. The van der Waals surface area contributed by atoms with Crippen molar-refractivity contribution in [2.75, 3.05) is 0 Å². The highest BCUT2D eigenvalue weighted by Gasteiger charge is 2.21. The van der Waals surface area contributed by atoms with Gasteiger partial charge in [0.1, 0.15) is 0 Å². The van der Waals surface area contributed by atoms with Crippen LogP contribution in [0.5, 0.6) is 0 Å². The Morgan fingerprint density at radius 1 is 1.15 bits per heavy atom. The van der Waals surface area contributed by atoms with Crippen LogP contribution in [0.3, 0.4) is 0 Å². The van der Waals surface area contributed by atoms with Gasteiger partial charge in [0.15, 0.2) is 10.8 Å². The maximum atomic E-state index is 11.1. The molecule has 2 rings (SSSR count). The third-order valence-electron chi connectivity index (χ3n) is 1.48. The Kier molecular flexibility index (Phi) is 1.27. The van der Waals surface area contributed by atoms with Crippen molar-refractivity contribution in [3.8, 4) is 0 Å². The topological polar surface area (TPSA) is 142 Å². The molecule has 1 aromatic heterocycles. The molecule has 0 fully saturated rings. The summed E-state index contributed by atoms with van der Waals surface area (Å²) in [4.78, 5) is 33.3. The van der Waals surface area contributed by atoms with Gasteiger partial charge in [0, 0.05) is 0 Å². The fraction of sp³-hybridized carbons (Fsp3) is 0.200. The third-order valence-corrected chi connectivity index (χ3v) is 1.48. The highest BCUT2D eigenvalue weighted by atomic mass is 16.2. The molecule has 1 aliphatic heterocycles. The van der Waals surface area contributed by atoms with Crippen LogP contribution in [0.15, 0.2) is 19.6 Å². The molecule has 2 heterocycles. The number of H-pyrrole nitrogens is 2. The number of hydrogen-bond acceptors (Lipinski definition) is 6. The zero-order valence-electron chi connectivity index (χ0n) is 6.37. The monoisotopic (exact) mass is 182 g/mol. The number of hydrogen-bond donors (Lipinski definition) is 4. The van der Waals surface area contributed by atoms with Crippen molar-refractivity contribution < 1.29 is 0 Å². The molecule has 8 nitrogen and oxygen atoms in total. The molecular formula is C5H6N6O2. The van der Waals surface area contributed by atoms with Crippen molar-refractivity contribution >= 4 is 0 Å². The quantitative estimate of drug-likeness (QED) is 0.302. The van der Waals surface area contributed by atoms with E-state index in [0.29, 0.717) is 0 Å². The lowest BCUT2D eigenvalue weighted by atomic mass is 10.6. The Hall–Kier alpha value is -1.80. The molecule has 6 N–H and O–H groups in total. The van der Waals surface area contributed by atoms with Crippen molar-refractivity contribution in [1.29, 1.82) is 0 Å². The van der Waals surface area contributed by atoms with Crippen LogP contribution in [0.1, 0.15) is 0 Å². The van der Waals surface area contributed by atoms with Gasteiger partial charge in [-0.25, -0.2) is 14.8 Å². The van der Waals surface area contributed by atoms with Crippen LogP contribution in [0.4, 0.5) is 0 Å². The minimum atomic E-state index is -1.65. The van der Waals surface area contributed by atoms with Gasteiger partial charge in [0.05, 0.1) is 0 Å². The summed E-state index contributed by atoms with van der Waals surface area (Å²) in [5.74, 6) is -1.65. The van der Waals surface area contributed by atoms with Gasteiger partial charge in [-0.3, -0.25) is 26.2 Å². The van der Waals surface area contributed by atoms with E-state index < -0.39 is 17.2 Å². The first-order valence-electron chi connectivity index (χ1n) is 3.38. The van der Waals surface area contributed by atoms with E-state index in [0.717, 1.165) is 0 Å². The van der Waals surface area contributed by atoms with Crippen LogP contribution in [0.25, 0.3) is 0 Å². The van der Waals surface area contributed by atoms with Crippen molar-refractivity contribution in [3.63, 3.8) is 0 Å². The Bertz CT molecular complexity index is 578. The molecule has 0 aliphatic carbocycles. The van der Waals surface area contributed by atoms with Crippen LogP contribution in [-0.2, 0) is 0 Å². The molecule has 68 valence electrons. The molecule has 0 spiro atoms. The molecule has 1 aliphatic rings. The molecule has 13 heavy (non-hydrogen) atoms. The third kappa shape index (κ3) is 1.17. The number of nitrogens with zero attached hydrogens (tertiary/aromatic N) is 2. The Labute approximate surface area is 70.0 Å². The van der Waals surface area contributed by atoms with Gasteiger partial charge < -0.3 is 0 Å². The first-order chi connectivity index (χ1) is 5.98. The second-order valence-electron chi connectivity index (χ2n) is 2.61. The van der Waals surface area contributed by atoms with E-state index in [2.05, 4.69) is 15.0 Å². The van der Waals surface area contributed by atoms with Crippen molar-refractivity contribution in [1.82, 2.24) is 9.97 Å². The van der Waals surface area contributed by atoms with Crippen LogP contribution in [0, 0.1) is 0 Å². The van der Waals surface area contributed by atoms with Crippen LogP contribution in [0.2, 0.25) is 0 Å². The number of fused-ring (bicyclic) bond motifs is 1. The fourth-order valence-corrected chi connectivity index (χ4v) is 1.04. The molecule has 0 bridgehead atoms. The van der Waals surface area contributed by atoms with E-state index in [9.17, 15) is 9.59 Å². The van der Waals surface area contributed by atoms with Gasteiger partial charge in [0.2, 0.25) is 0 Å². The largest absolute Gasteiger partial charge is 0.327 e. The Morgan fingerprint density at radius 2 is 1.85 bits per heavy atom. The average molecular weight is 182 g/mol. The summed E-state index contributed by atoms with van der Waals surface area (Å²) >= 11 is 0. The lowest BCUT2D eigenvalue weighted by Gasteiger charge is -2.06. The fourth-order valence-electron chi connectivity index (χ4n) is 1.04. The maximum absolute atomic E-state index is 11.1. The molecular weight excluding hydrogens is 176 g/mol. The van der Waals surface area contributed by atoms with Crippen molar-refractivity contribution in [2.24, 2.45) is 21.5 Å². The first-order valence-corrected chi connectivity index (χ1v) is 3.38. The standard InChI is InChI=1S/C5H6N6O2/c6-5(7)10-1-2(11-5)8-4(13)9-3(1)12/h6-7H2,(H2,8,9,11,12,13). The average Bonchev–Trinajstić information content (AvgIpc) is 2.23. The van der Waals surface area contributed by atoms with Gasteiger partial charge in [-0.15, -0.1) is 0 Å². The van der Waals surface area contributed by atoms with Crippen LogP contribution < -0.4 is 33.6 Å². The van der Waals surface area contributed by atoms with Crippen LogP contribution >= 0.6 is 0 Å². The van der Waals surface area contributed by atoms with E-state index in [1.807, 2.05) is 4.98 Å². The van der Waals surface area contributed by atoms with Crippen LogP contribution in [-0.4, -0.2) is 15.9 Å². The summed E-state index contributed by atoms with van der Waals surface area (Å²) in [5, 5.41) is -0.0513. The number of aromatic amines is 2. The molecule has 0 amide bonds. The predicted octanol–water partition coefficient (Wildman–Crippen LogP) is -4.16. The number of nitrogens with one attached hydrogen (secondary N) is 2. The SMILES string of the molecule is NC1(N)N=c2[nH]c(=O)[nH]c(=O)c2=N1. The smallest absolute Gasteiger partial charge is 0.290 e. The van der Waals surface area contributed by atoms with Crippen molar-refractivity contribution in [2.45, 2.75) is 5.91 Å². The summed E-state index contributed by atoms with van der Waals surface area (Å²) < 4.78 is 0. The minimum absolute atomic E-state index is 0.0127. The van der Waals surface area contributed by atoms with E-state index in [1.165, 1.54) is 0 Å². The van der Waals surface area contributed by atoms with E-state index in [4.69, 9.17) is 11.5 Å². The second kappa shape index (κ2) is 2.12. The van der Waals surface area contributed by atoms with E-state index in [-0.39, 0.29) is 10.8 Å². The molecule has 8 heteroatoms. The summed E-state index contributed by atoms with van der Waals surface area (Å²) in [6.45, 7) is 0. The Balaban J connectivity index is 3.02. The lowest BCUT2D eigenvalue weighted by molar-refractivity contribution is 0.486. The summed E-state index contributed by atoms with van der Waals surface area (Å²) in [6.07, 6.45) is 0. The number of rotatable bonds is 0. The summed E-state index contributed by atoms with van der Waals surface area (Å²) in [5.41, 5.74) is 9.33. The van der Waals surface area contributed by atoms with Gasteiger partial charge in [-0.1, -0.05) is 0 Å². The van der Waals surface area contributed by atoms with Crippen molar-refractivity contribution in [3.05, 3.63) is 31.7 Å². The number of aromatic nitrogens is 2. The highest BCUT2D eigenvalue weighted by Crippen LogP contribution is 1.91. The second-order valence-corrected chi connectivity index (χ2v) is 2.61. The molecule has 0 radical (unpaired) electrons. The molecule has 0 saturated carbocycles. The highest BCUT2D eigenvalue weighted by molar-refractivity contribution is 4.91. The van der Waals surface area contributed by atoms with Gasteiger partial charge in [-0.2, -0.15) is 0 Å². The van der Waals surface area contributed by atoms with Gasteiger partial charge in [0.25, 0.3) is 11.5 Å². The molecule has 0 aromatic carbocycles. The zero-order valence-corrected chi connectivity index (χ0v) is 6.37. The van der Waals surface area contributed by atoms with E-state index in [1.54, 1.807) is 0 Å². The Morgan fingerprint density at radius 3 is 2.54 bits per heavy atom. The lowest BCUT2D eigenvalue weighted by Crippen LogP contribution is -2.47. The molecule has 0 unspecified atom stereocenters. The zero-order chi connectivity index (χ0) is 9.64. The predicted molar refractivity (Wildman–Crippen MR) is 41.1 cm³/mol. The van der Waals surface area contributed by atoms with Gasteiger partial charge in [-0.05, 0) is 0 Å².